The second kappa shape index (κ2) is 5.70. The van der Waals surface area contributed by atoms with E-state index in [9.17, 15) is 8.42 Å². The largest absolute Gasteiger partial charge is 0.223 e. The van der Waals surface area contributed by atoms with Crippen LogP contribution in [0.5, 0.6) is 0 Å². The van der Waals surface area contributed by atoms with Crippen LogP contribution in [0.25, 0.3) is 0 Å². The molecule has 98 valence electrons. The molecule has 3 heteroatoms. The first-order valence-electron chi connectivity index (χ1n) is 6.57. The third-order valence-electron chi connectivity index (χ3n) is 3.65. The average molecular weight is 264 g/mol. The van der Waals surface area contributed by atoms with Crippen LogP contribution in [0, 0.1) is 0 Å². The molecule has 0 aliphatic heterocycles. The first kappa shape index (κ1) is 13.3. The zero-order valence-corrected chi connectivity index (χ0v) is 11.5. The second-order valence-corrected chi connectivity index (χ2v) is 7.01. The Bertz CT molecular complexity index is 494. The van der Waals surface area contributed by atoms with Crippen LogP contribution >= 0.6 is 0 Å². The molecule has 1 aromatic rings. The van der Waals surface area contributed by atoms with E-state index in [2.05, 4.69) is 6.58 Å². The summed E-state index contributed by atoms with van der Waals surface area (Å²) in [5.74, 6) is 0.630. The SMILES string of the molecule is C=CCS(=O)(=O)c1ccc(C2CCCCC2)cc1. The fraction of sp³-hybridized carbons (Fsp3) is 0.467. The lowest BCUT2D eigenvalue weighted by atomic mass is 9.84. The molecule has 2 rings (SSSR count). The van der Waals surface area contributed by atoms with E-state index in [1.165, 1.54) is 43.7 Å². The molecule has 1 aromatic carbocycles. The maximum Gasteiger partial charge on any atom is 0.181 e. The van der Waals surface area contributed by atoms with Crippen molar-refractivity contribution in [2.75, 3.05) is 5.75 Å². The van der Waals surface area contributed by atoms with E-state index >= 15 is 0 Å². The summed E-state index contributed by atoms with van der Waals surface area (Å²) >= 11 is 0. The van der Waals surface area contributed by atoms with Gasteiger partial charge in [0.1, 0.15) is 0 Å². The van der Waals surface area contributed by atoms with Crippen molar-refractivity contribution in [2.45, 2.75) is 42.9 Å². The lowest BCUT2D eigenvalue weighted by Gasteiger charge is -2.22. The Kier molecular flexibility index (Phi) is 4.23. The molecular formula is C15H20O2S. The summed E-state index contributed by atoms with van der Waals surface area (Å²) in [6.07, 6.45) is 7.83. The molecule has 0 spiro atoms. The summed E-state index contributed by atoms with van der Waals surface area (Å²) < 4.78 is 23.7. The first-order valence-corrected chi connectivity index (χ1v) is 8.22. The molecule has 1 fully saturated rings. The van der Waals surface area contributed by atoms with Crippen LogP contribution in [0.3, 0.4) is 0 Å². The Morgan fingerprint density at radius 1 is 1.11 bits per heavy atom. The quantitative estimate of drug-likeness (QED) is 0.777. The van der Waals surface area contributed by atoms with Gasteiger partial charge in [-0.05, 0) is 36.5 Å². The molecule has 0 unspecified atom stereocenters. The Hall–Kier alpha value is -1.09. The van der Waals surface area contributed by atoms with Crippen molar-refractivity contribution in [1.82, 2.24) is 0 Å². The van der Waals surface area contributed by atoms with E-state index in [0.717, 1.165) is 0 Å². The summed E-state index contributed by atoms with van der Waals surface area (Å²) in [7, 11) is -3.18. The second-order valence-electron chi connectivity index (χ2n) is 4.97. The number of rotatable bonds is 4. The Labute approximate surface area is 110 Å². The van der Waals surface area contributed by atoms with Gasteiger partial charge < -0.3 is 0 Å². The molecule has 1 aliphatic carbocycles. The van der Waals surface area contributed by atoms with Gasteiger partial charge in [-0.3, -0.25) is 0 Å². The van der Waals surface area contributed by atoms with Gasteiger partial charge in [0.15, 0.2) is 9.84 Å². The third-order valence-corrected chi connectivity index (χ3v) is 5.32. The maximum atomic E-state index is 11.8. The monoisotopic (exact) mass is 264 g/mol. The van der Waals surface area contributed by atoms with Crippen LogP contribution < -0.4 is 0 Å². The molecule has 18 heavy (non-hydrogen) atoms. The van der Waals surface area contributed by atoms with Crippen molar-refractivity contribution in [3.05, 3.63) is 42.5 Å². The molecule has 1 saturated carbocycles. The number of sulfone groups is 1. The van der Waals surface area contributed by atoms with Crippen molar-refractivity contribution in [2.24, 2.45) is 0 Å². The minimum Gasteiger partial charge on any atom is -0.223 e. The highest BCUT2D eigenvalue weighted by Gasteiger charge is 2.17. The van der Waals surface area contributed by atoms with E-state index in [-0.39, 0.29) is 5.75 Å². The van der Waals surface area contributed by atoms with Gasteiger partial charge in [-0.25, -0.2) is 8.42 Å². The molecule has 0 heterocycles. The van der Waals surface area contributed by atoms with Crippen molar-refractivity contribution >= 4 is 9.84 Å². The van der Waals surface area contributed by atoms with Crippen LogP contribution in [0.15, 0.2) is 41.8 Å². The predicted octanol–water partition coefficient (Wildman–Crippen LogP) is 3.69. The summed E-state index contributed by atoms with van der Waals surface area (Å²) in [5, 5.41) is 0. The standard InChI is InChI=1S/C15H20O2S/c1-2-12-18(16,17)15-10-8-14(9-11-15)13-6-4-3-5-7-13/h2,8-11,13H,1,3-7,12H2. The van der Waals surface area contributed by atoms with Gasteiger partial charge in [0.25, 0.3) is 0 Å². The van der Waals surface area contributed by atoms with Crippen LogP contribution in [0.1, 0.15) is 43.6 Å². The van der Waals surface area contributed by atoms with E-state index in [0.29, 0.717) is 10.8 Å². The average Bonchev–Trinajstić information content (AvgIpc) is 2.40. The van der Waals surface area contributed by atoms with Gasteiger partial charge in [-0.1, -0.05) is 37.5 Å². The highest BCUT2D eigenvalue weighted by Crippen LogP contribution is 2.32. The van der Waals surface area contributed by atoms with Gasteiger partial charge in [0.2, 0.25) is 0 Å². The third kappa shape index (κ3) is 3.02. The molecule has 0 amide bonds. The van der Waals surface area contributed by atoms with Gasteiger partial charge in [-0.15, -0.1) is 6.58 Å². The molecule has 2 nitrogen and oxygen atoms in total. The van der Waals surface area contributed by atoms with Crippen LogP contribution in [-0.2, 0) is 9.84 Å². The topological polar surface area (TPSA) is 34.1 Å². The van der Waals surface area contributed by atoms with Gasteiger partial charge >= 0.3 is 0 Å². The number of hydrogen-bond donors (Lipinski definition) is 0. The molecule has 0 aromatic heterocycles. The highest BCUT2D eigenvalue weighted by molar-refractivity contribution is 7.91. The minimum absolute atomic E-state index is 0.00970. The summed E-state index contributed by atoms with van der Waals surface area (Å²) in [6.45, 7) is 3.48. The summed E-state index contributed by atoms with van der Waals surface area (Å²) in [5.41, 5.74) is 1.28. The van der Waals surface area contributed by atoms with E-state index < -0.39 is 9.84 Å². The number of hydrogen-bond acceptors (Lipinski definition) is 2. The predicted molar refractivity (Wildman–Crippen MR) is 74.5 cm³/mol. The van der Waals surface area contributed by atoms with E-state index in [4.69, 9.17) is 0 Å². The normalized spacial score (nSPS) is 17.6. The van der Waals surface area contributed by atoms with E-state index in [1.807, 2.05) is 12.1 Å². The van der Waals surface area contributed by atoms with Gasteiger partial charge in [0.05, 0.1) is 10.6 Å². The first-order chi connectivity index (χ1) is 8.63. The van der Waals surface area contributed by atoms with Gasteiger partial charge in [-0.2, -0.15) is 0 Å². The van der Waals surface area contributed by atoms with Crippen LogP contribution in [-0.4, -0.2) is 14.2 Å². The lowest BCUT2D eigenvalue weighted by molar-refractivity contribution is 0.443. The molecule has 0 saturated heterocycles. The molecular weight excluding hydrogens is 244 g/mol. The molecule has 1 aliphatic rings. The van der Waals surface area contributed by atoms with Crippen molar-refractivity contribution in [3.8, 4) is 0 Å². The highest BCUT2D eigenvalue weighted by atomic mass is 32.2. The van der Waals surface area contributed by atoms with Gasteiger partial charge in [0, 0.05) is 0 Å². The van der Waals surface area contributed by atoms with Crippen molar-refractivity contribution in [3.63, 3.8) is 0 Å². The van der Waals surface area contributed by atoms with Crippen molar-refractivity contribution < 1.29 is 8.42 Å². The minimum atomic E-state index is -3.18. The van der Waals surface area contributed by atoms with Crippen LogP contribution in [0.2, 0.25) is 0 Å². The number of benzene rings is 1. The zero-order chi connectivity index (χ0) is 13.0. The molecule has 0 bridgehead atoms. The molecule has 0 N–H and O–H groups in total. The fourth-order valence-electron chi connectivity index (χ4n) is 2.63. The molecule has 0 atom stereocenters. The zero-order valence-electron chi connectivity index (χ0n) is 10.6. The van der Waals surface area contributed by atoms with Crippen LogP contribution in [0.4, 0.5) is 0 Å². The summed E-state index contributed by atoms with van der Waals surface area (Å²) in [6, 6.07) is 7.43. The molecule has 0 radical (unpaired) electrons. The fourth-order valence-corrected chi connectivity index (χ4v) is 3.69. The smallest absolute Gasteiger partial charge is 0.181 e. The van der Waals surface area contributed by atoms with Crippen molar-refractivity contribution in [1.29, 1.82) is 0 Å². The lowest BCUT2D eigenvalue weighted by Crippen LogP contribution is -2.07. The Morgan fingerprint density at radius 3 is 2.28 bits per heavy atom. The van der Waals surface area contributed by atoms with E-state index in [1.54, 1.807) is 12.1 Å². The summed E-state index contributed by atoms with van der Waals surface area (Å²) in [4.78, 5) is 0.405. The Balaban J connectivity index is 2.16. The Morgan fingerprint density at radius 2 is 1.72 bits per heavy atom. The maximum absolute atomic E-state index is 11.8.